The van der Waals surface area contributed by atoms with Crippen molar-refractivity contribution in [1.82, 2.24) is 4.90 Å². The van der Waals surface area contributed by atoms with Gasteiger partial charge in [-0.3, -0.25) is 19.9 Å². The number of allylic oxidation sites excluding steroid dienone is 1. The molecule has 2 saturated heterocycles. The molecule has 2 heterocycles. The lowest BCUT2D eigenvalue weighted by molar-refractivity contribution is 0.395. The third-order valence-corrected chi connectivity index (χ3v) is 12.7. The number of nitrogens with zero attached hydrogens (tertiary/aromatic N) is 5. The number of benzene rings is 3. The number of methoxy groups -OCH3 is 1. The summed E-state index contributed by atoms with van der Waals surface area (Å²) in [6.07, 6.45) is 11.7. The zero-order valence-electron chi connectivity index (χ0n) is 31.9. The molecule has 55 heavy (non-hydrogen) atoms. The molecule has 294 valence electrons. The smallest absolute Gasteiger partial charge is 0.156 e. The number of hydrogen-bond acceptors (Lipinski definition) is 10. The van der Waals surface area contributed by atoms with E-state index in [0.717, 1.165) is 73.4 Å². The highest BCUT2D eigenvalue weighted by atomic mass is 32.2. The lowest BCUT2D eigenvalue weighted by Crippen LogP contribution is -2.34. The molecule has 0 saturated carbocycles. The molecular formula is C41H51F2N7O2S3. The van der Waals surface area contributed by atoms with E-state index in [1.807, 2.05) is 17.8 Å². The molecule has 3 aromatic rings. The van der Waals surface area contributed by atoms with Gasteiger partial charge in [0.15, 0.2) is 11.0 Å². The number of aryl methyl sites for hydroxylation is 1. The number of piperidine rings is 1. The molecule has 9 nitrogen and oxygen atoms in total. The van der Waals surface area contributed by atoms with Crippen molar-refractivity contribution >= 4 is 76.9 Å². The molecule has 2 fully saturated rings. The average Bonchev–Trinajstić information content (AvgIpc) is 3.71. The first-order valence-corrected chi connectivity index (χ1v) is 21.9. The van der Waals surface area contributed by atoms with Crippen LogP contribution in [-0.2, 0) is 11.0 Å². The van der Waals surface area contributed by atoms with Crippen LogP contribution in [0.3, 0.4) is 0 Å². The molecule has 0 radical (unpaired) electrons. The van der Waals surface area contributed by atoms with Gasteiger partial charge in [-0.1, -0.05) is 18.2 Å². The lowest BCUT2D eigenvalue weighted by atomic mass is 9.93. The largest absolute Gasteiger partial charge is 0.495 e. The maximum Gasteiger partial charge on any atom is 0.156 e. The van der Waals surface area contributed by atoms with Gasteiger partial charge in [0.25, 0.3) is 0 Å². The molecule has 2 aliphatic heterocycles. The Hall–Kier alpha value is -3.98. The summed E-state index contributed by atoms with van der Waals surface area (Å²) in [6, 6.07) is 14.6. The van der Waals surface area contributed by atoms with Crippen molar-refractivity contribution in [1.29, 1.82) is 0 Å². The van der Waals surface area contributed by atoms with E-state index >= 15 is 0 Å². The molecule has 0 aliphatic carbocycles. The first-order chi connectivity index (χ1) is 26.8. The molecule has 2 aliphatic rings. The molecule has 0 bridgehead atoms. The van der Waals surface area contributed by atoms with Crippen LogP contribution in [0, 0.1) is 24.5 Å². The summed E-state index contributed by atoms with van der Waals surface area (Å²) < 4.78 is 50.2. The Bertz CT molecular complexity index is 1890. The Balaban J connectivity index is 1.33. The topological polar surface area (TPSA) is 93.9 Å². The van der Waals surface area contributed by atoms with Crippen LogP contribution >= 0.6 is 23.5 Å². The number of ether oxygens (including phenoxy) is 1. The summed E-state index contributed by atoms with van der Waals surface area (Å²) in [4.78, 5) is 18.4. The van der Waals surface area contributed by atoms with Crippen molar-refractivity contribution < 1.29 is 17.7 Å². The van der Waals surface area contributed by atoms with Crippen LogP contribution in [0.2, 0.25) is 0 Å². The third-order valence-electron chi connectivity index (χ3n) is 9.72. The second-order valence-electron chi connectivity index (χ2n) is 13.4. The fraction of sp³-hybridized carbons (Fsp3) is 0.390. The second kappa shape index (κ2) is 21.4. The number of anilines is 3. The van der Waals surface area contributed by atoms with E-state index in [0.29, 0.717) is 35.2 Å². The monoisotopic (exact) mass is 807 g/mol. The summed E-state index contributed by atoms with van der Waals surface area (Å²) in [5.41, 5.74) is 5.39. The summed E-state index contributed by atoms with van der Waals surface area (Å²) in [6.45, 7) is 14.3. The van der Waals surface area contributed by atoms with Crippen molar-refractivity contribution in [3.05, 3.63) is 94.0 Å². The van der Waals surface area contributed by atoms with E-state index in [-0.39, 0.29) is 0 Å². The van der Waals surface area contributed by atoms with Gasteiger partial charge >= 0.3 is 0 Å². The van der Waals surface area contributed by atoms with Crippen LogP contribution in [0.25, 0.3) is 5.70 Å². The summed E-state index contributed by atoms with van der Waals surface area (Å²) >= 11 is 3.50. The number of likely N-dealkylation sites (tertiary alicyclic amines) is 1. The third kappa shape index (κ3) is 11.5. The van der Waals surface area contributed by atoms with Crippen LogP contribution < -0.4 is 19.7 Å². The van der Waals surface area contributed by atoms with Gasteiger partial charge in [0.1, 0.15) is 28.9 Å². The molecule has 1 atom stereocenters. The van der Waals surface area contributed by atoms with Gasteiger partial charge in [0.05, 0.1) is 29.1 Å². The Kier molecular flexibility index (Phi) is 16.4. The maximum atomic E-state index is 14.4. The van der Waals surface area contributed by atoms with Crippen molar-refractivity contribution in [3.8, 4) is 5.75 Å². The van der Waals surface area contributed by atoms with Crippen LogP contribution in [0.4, 0.5) is 25.8 Å². The van der Waals surface area contributed by atoms with Crippen molar-refractivity contribution in [2.45, 2.75) is 43.9 Å². The molecule has 3 aromatic carbocycles. The predicted molar refractivity (Wildman–Crippen MR) is 233 cm³/mol. The Labute approximate surface area is 335 Å². The van der Waals surface area contributed by atoms with Crippen LogP contribution in [0.1, 0.15) is 43.2 Å². The van der Waals surface area contributed by atoms with Gasteiger partial charge in [-0.25, -0.2) is 13.0 Å². The van der Waals surface area contributed by atoms with Gasteiger partial charge < -0.3 is 19.7 Å². The van der Waals surface area contributed by atoms with E-state index < -0.39 is 27.5 Å². The summed E-state index contributed by atoms with van der Waals surface area (Å²) in [5, 5.41) is 3.40. The molecular weight excluding hydrogens is 757 g/mol. The lowest BCUT2D eigenvalue weighted by Gasteiger charge is -2.35. The number of rotatable bonds is 19. The van der Waals surface area contributed by atoms with Gasteiger partial charge in [-0.15, -0.1) is 11.8 Å². The Morgan fingerprint density at radius 1 is 1.04 bits per heavy atom. The molecule has 1 unspecified atom stereocenters. The highest BCUT2D eigenvalue weighted by Gasteiger charge is 2.22. The van der Waals surface area contributed by atoms with Crippen LogP contribution in [-0.4, -0.2) is 86.6 Å². The standard InChI is InChI=1S/C41H51F2N7O2S3/c1-29-24-36(38(52-4)26-37(29)50-21-15-30(16-22-50)17-23-53-5)47-27-46-18-14-35(44-2)40(54-28-49-19-6-7-20-49)39(45-3)31-10-8-11-32(25-31)48-55(51)41-33(42)12-9-13-34(41)43/h8-14,18,24-26,30,47-48H,2-3,6-7,15-17,19-23,27-28H2,1,4-5H3/b35-14-,40-39-,46-18-. The van der Waals surface area contributed by atoms with Gasteiger partial charge in [-0.2, -0.15) is 11.8 Å². The molecule has 0 aromatic heterocycles. The van der Waals surface area contributed by atoms with Crippen LogP contribution in [0.5, 0.6) is 5.75 Å². The summed E-state index contributed by atoms with van der Waals surface area (Å²) in [5.74, 6) is 1.73. The number of nitrogens with one attached hydrogen (secondary N) is 2. The minimum absolute atomic E-state index is 0.302. The van der Waals surface area contributed by atoms with E-state index in [1.54, 1.807) is 49.4 Å². The number of hydrogen-bond donors (Lipinski definition) is 2. The number of thioether (sulfide) groups is 2. The zero-order chi connectivity index (χ0) is 39.2. The van der Waals surface area contributed by atoms with Gasteiger partial charge in [0, 0.05) is 48.2 Å². The van der Waals surface area contributed by atoms with Crippen molar-refractivity contribution in [3.63, 3.8) is 0 Å². The van der Waals surface area contributed by atoms with E-state index in [1.165, 1.54) is 42.3 Å². The van der Waals surface area contributed by atoms with Crippen molar-refractivity contribution in [2.75, 3.05) is 72.8 Å². The molecule has 0 spiro atoms. The molecule has 2 N–H and O–H groups in total. The van der Waals surface area contributed by atoms with E-state index in [4.69, 9.17) is 4.74 Å². The van der Waals surface area contributed by atoms with Gasteiger partial charge in [0.2, 0.25) is 0 Å². The van der Waals surface area contributed by atoms with E-state index in [9.17, 15) is 13.0 Å². The minimum atomic E-state index is -2.18. The van der Waals surface area contributed by atoms with E-state index in [2.05, 4.69) is 73.6 Å². The quantitative estimate of drug-likeness (QED) is 0.0922. The maximum absolute atomic E-state index is 14.4. The highest BCUT2D eigenvalue weighted by molar-refractivity contribution is 8.03. The zero-order valence-corrected chi connectivity index (χ0v) is 34.3. The SMILES string of the molecule is C=NC(=C\C=N/CNc1cc(C)c(N2CCC(CCSC)CC2)cc1OC)/C(SCN1CCCC1)=C(/N=C)c1cccc(NS(=O)c2c(F)cccc2F)c1. The van der Waals surface area contributed by atoms with Crippen molar-refractivity contribution in [2.24, 2.45) is 20.9 Å². The molecule has 5 rings (SSSR count). The summed E-state index contributed by atoms with van der Waals surface area (Å²) in [7, 11) is -0.495. The fourth-order valence-electron chi connectivity index (χ4n) is 6.75. The second-order valence-corrected chi connectivity index (χ2v) is 16.5. The number of halogens is 2. The minimum Gasteiger partial charge on any atom is -0.495 e. The highest BCUT2D eigenvalue weighted by Crippen LogP contribution is 2.37. The van der Waals surface area contributed by atoms with Gasteiger partial charge in [-0.05, 0) is 125 Å². The molecule has 14 heteroatoms. The Morgan fingerprint density at radius 2 is 1.76 bits per heavy atom. The average molecular weight is 808 g/mol. The predicted octanol–water partition coefficient (Wildman–Crippen LogP) is 9.27. The Morgan fingerprint density at radius 3 is 2.44 bits per heavy atom. The molecule has 0 amide bonds. The first kappa shape index (κ1) is 42.2. The fourth-order valence-corrected chi connectivity index (χ4v) is 9.42. The number of aliphatic imine (C=N–C) groups is 3. The normalized spacial score (nSPS) is 16.6. The van der Waals surface area contributed by atoms with Crippen LogP contribution in [0.15, 0.2) is 91.1 Å². The first-order valence-electron chi connectivity index (χ1n) is 18.4.